The minimum absolute atomic E-state index is 0.102. The van der Waals surface area contributed by atoms with Crippen LogP contribution in [0.25, 0.3) is 73.4 Å². The van der Waals surface area contributed by atoms with Crippen LogP contribution in [0.4, 0.5) is 0 Å². The summed E-state index contributed by atoms with van der Waals surface area (Å²) in [4.78, 5) is 12.8. The Morgan fingerprint density at radius 3 is 2.03 bits per heavy atom. The Morgan fingerprint density at radius 1 is 0.468 bits per heavy atom. The number of benzene rings is 7. The summed E-state index contributed by atoms with van der Waals surface area (Å²) in [6, 6.07) is 67.2. The van der Waals surface area contributed by atoms with Crippen molar-refractivity contribution in [3.63, 3.8) is 0 Å². The summed E-state index contributed by atoms with van der Waals surface area (Å²) in [5.41, 5.74) is 19.9. The highest BCUT2D eigenvalue weighted by molar-refractivity contribution is 7.99. The number of rotatable bonds is 3. The number of pyridine rings is 2. The maximum atomic E-state index is 5.38. The first-order chi connectivity index (χ1) is 30.5. The summed E-state index contributed by atoms with van der Waals surface area (Å²) < 4.78 is 2.25. The lowest BCUT2D eigenvalue weighted by molar-refractivity contribution is 0.653. The van der Waals surface area contributed by atoms with Gasteiger partial charge in [0.05, 0.1) is 27.7 Å². The van der Waals surface area contributed by atoms with Gasteiger partial charge in [0.1, 0.15) is 5.82 Å². The highest BCUT2D eigenvalue weighted by Crippen LogP contribution is 2.61. The van der Waals surface area contributed by atoms with Crippen molar-refractivity contribution in [1.29, 1.82) is 0 Å². The van der Waals surface area contributed by atoms with Gasteiger partial charge in [0.15, 0.2) is 0 Å². The number of nitrogens with zero attached hydrogens (tertiary/aromatic N) is 3. The van der Waals surface area contributed by atoms with Crippen molar-refractivity contribution in [3.8, 4) is 39.3 Å². The quantitative estimate of drug-likeness (QED) is 0.178. The van der Waals surface area contributed by atoms with Gasteiger partial charge in [-0.1, -0.05) is 159 Å². The van der Waals surface area contributed by atoms with Gasteiger partial charge in [-0.25, -0.2) is 9.97 Å². The number of hydrogen-bond acceptors (Lipinski definition) is 3. The molecular formula is C58H39N3S. The van der Waals surface area contributed by atoms with Gasteiger partial charge < -0.3 is 0 Å². The van der Waals surface area contributed by atoms with E-state index < -0.39 is 5.41 Å². The van der Waals surface area contributed by atoms with Gasteiger partial charge in [-0.15, -0.1) is 0 Å². The monoisotopic (exact) mass is 809 g/mol. The zero-order chi connectivity index (χ0) is 41.2. The van der Waals surface area contributed by atoms with Crippen molar-refractivity contribution in [2.45, 2.75) is 34.5 Å². The maximum Gasteiger partial charge on any atom is 0.137 e. The molecule has 0 radical (unpaired) electrons. The number of aromatic nitrogens is 3. The van der Waals surface area contributed by atoms with E-state index in [2.05, 4.69) is 200 Å². The van der Waals surface area contributed by atoms with E-state index in [1.165, 1.54) is 71.0 Å². The smallest absolute Gasteiger partial charge is 0.137 e. The minimum Gasteiger partial charge on any atom is -0.292 e. The molecule has 0 saturated heterocycles. The van der Waals surface area contributed by atoms with Crippen LogP contribution in [0.1, 0.15) is 58.4 Å². The predicted octanol–water partition coefficient (Wildman–Crippen LogP) is 14.5. The van der Waals surface area contributed by atoms with Gasteiger partial charge in [-0.2, -0.15) is 0 Å². The van der Waals surface area contributed by atoms with Gasteiger partial charge in [0.25, 0.3) is 0 Å². The molecule has 1 atom stereocenters. The summed E-state index contributed by atoms with van der Waals surface area (Å²) in [5.74, 6) is 0.872. The Balaban J connectivity index is 1.09. The minimum atomic E-state index is -0.593. The van der Waals surface area contributed by atoms with E-state index in [0.29, 0.717) is 0 Å². The lowest BCUT2D eigenvalue weighted by Crippen LogP contribution is -2.35. The van der Waals surface area contributed by atoms with Gasteiger partial charge in [-0.3, -0.25) is 4.57 Å². The molecule has 7 aromatic carbocycles. The van der Waals surface area contributed by atoms with E-state index in [0.717, 1.165) is 44.6 Å². The second kappa shape index (κ2) is 13.1. The van der Waals surface area contributed by atoms with E-state index in [1.807, 2.05) is 30.1 Å². The maximum absolute atomic E-state index is 5.38. The average Bonchev–Trinajstić information content (AvgIpc) is 3.71. The SMILES string of the molecule is CC1(C)c2ccccc2-c2cc3c(cc21)Sc1ccccc1C31c2ccccc2C=Cc2ccc(-c3ccc4c(c3)c3nc(-c5ccccc5)ccc3n4-c3ccccn3)cc21. The summed E-state index contributed by atoms with van der Waals surface area (Å²) in [7, 11) is 0. The Bertz CT molecular complexity index is 3530. The largest absolute Gasteiger partial charge is 0.292 e. The Kier molecular flexibility index (Phi) is 7.51. The van der Waals surface area contributed by atoms with Crippen LogP contribution in [0.2, 0.25) is 0 Å². The molecule has 10 aromatic rings. The molecule has 3 aromatic heterocycles. The zero-order valence-electron chi connectivity index (χ0n) is 34.3. The molecule has 1 unspecified atom stereocenters. The fourth-order valence-electron chi connectivity index (χ4n) is 10.9. The van der Waals surface area contributed by atoms with E-state index in [4.69, 9.17) is 9.97 Å². The highest BCUT2D eigenvalue weighted by atomic mass is 32.2. The Morgan fingerprint density at radius 2 is 1.18 bits per heavy atom. The molecule has 4 heterocycles. The van der Waals surface area contributed by atoms with E-state index in [-0.39, 0.29) is 5.41 Å². The third-order valence-corrected chi connectivity index (χ3v) is 14.9. The normalized spacial score (nSPS) is 16.3. The number of fused-ring (bicyclic) bond motifs is 14. The van der Waals surface area contributed by atoms with Crippen LogP contribution in [-0.2, 0) is 10.8 Å². The van der Waals surface area contributed by atoms with Gasteiger partial charge in [-0.05, 0) is 127 Å². The number of hydrogen-bond donors (Lipinski definition) is 0. The van der Waals surface area contributed by atoms with Crippen LogP contribution >= 0.6 is 11.8 Å². The summed E-state index contributed by atoms with van der Waals surface area (Å²) in [5, 5.41) is 1.09. The van der Waals surface area contributed by atoms with E-state index in [1.54, 1.807) is 0 Å². The van der Waals surface area contributed by atoms with Crippen LogP contribution in [0.3, 0.4) is 0 Å². The lowest BCUT2D eigenvalue weighted by atomic mass is 9.62. The van der Waals surface area contributed by atoms with Crippen molar-refractivity contribution < 1.29 is 0 Å². The molecule has 0 amide bonds. The van der Waals surface area contributed by atoms with Crippen molar-refractivity contribution in [2.24, 2.45) is 0 Å². The highest BCUT2D eigenvalue weighted by Gasteiger charge is 2.48. The first-order valence-electron chi connectivity index (χ1n) is 21.4. The summed E-state index contributed by atoms with van der Waals surface area (Å²) in [6.45, 7) is 4.77. The molecule has 62 heavy (non-hydrogen) atoms. The molecule has 3 aliphatic rings. The van der Waals surface area contributed by atoms with Crippen LogP contribution < -0.4 is 0 Å². The van der Waals surface area contributed by atoms with Crippen LogP contribution in [0, 0.1) is 0 Å². The second-order valence-electron chi connectivity index (χ2n) is 17.3. The molecule has 2 aliphatic carbocycles. The third-order valence-electron chi connectivity index (χ3n) is 13.8. The molecule has 0 bridgehead atoms. The molecule has 292 valence electrons. The average molecular weight is 810 g/mol. The van der Waals surface area contributed by atoms with E-state index >= 15 is 0 Å². The molecule has 0 saturated carbocycles. The zero-order valence-corrected chi connectivity index (χ0v) is 35.1. The molecule has 4 heteroatoms. The van der Waals surface area contributed by atoms with Crippen molar-refractivity contribution in [3.05, 3.63) is 233 Å². The Labute approximate surface area is 365 Å². The topological polar surface area (TPSA) is 30.7 Å². The van der Waals surface area contributed by atoms with Crippen LogP contribution in [0.15, 0.2) is 198 Å². The molecule has 1 aliphatic heterocycles. The fraction of sp³-hybridized carbons (Fsp3) is 0.0690. The summed E-state index contributed by atoms with van der Waals surface area (Å²) >= 11 is 1.92. The van der Waals surface area contributed by atoms with Crippen molar-refractivity contribution in [1.82, 2.24) is 14.5 Å². The molecule has 0 N–H and O–H groups in total. The van der Waals surface area contributed by atoms with Crippen molar-refractivity contribution in [2.75, 3.05) is 0 Å². The van der Waals surface area contributed by atoms with Gasteiger partial charge >= 0.3 is 0 Å². The van der Waals surface area contributed by atoms with E-state index in [9.17, 15) is 0 Å². The summed E-state index contributed by atoms with van der Waals surface area (Å²) in [6.07, 6.45) is 6.52. The molecule has 1 spiro atoms. The molecule has 3 nitrogen and oxygen atoms in total. The van der Waals surface area contributed by atoms with Crippen LogP contribution in [0.5, 0.6) is 0 Å². The standard InChI is InChI=1S/C58H39N3S/c1-57(2)45-19-9-7-17-41(45)42-34-49-54(35-48(42)57)62-53-21-11-10-20-46(53)58(49)44-18-8-6-14-36(44)23-24-37-25-26-40(33-47(37)58)39-27-29-51-43(32-39)56-52(61(51)55-22-12-13-31-59-55)30-28-50(60-56)38-15-4-3-5-16-38/h3-35H,1-2H3. The molecule has 0 fully saturated rings. The van der Waals surface area contributed by atoms with Gasteiger partial charge in [0.2, 0.25) is 0 Å². The van der Waals surface area contributed by atoms with Gasteiger partial charge in [0, 0.05) is 32.4 Å². The third kappa shape index (κ3) is 4.90. The predicted molar refractivity (Wildman–Crippen MR) is 256 cm³/mol. The fourth-order valence-corrected chi connectivity index (χ4v) is 12.1. The molecule has 13 rings (SSSR count). The second-order valence-corrected chi connectivity index (χ2v) is 18.4. The van der Waals surface area contributed by atoms with Crippen LogP contribution in [-0.4, -0.2) is 14.5 Å². The first kappa shape index (κ1) is 35.5. The first-order valence-corrected chi connectivity index (χ1v) is 22.2. The lowest BCUT2D eigenvalue weighted by Gasteiger charge is -2.43. The molecular weight excluding hydrogens is 771 g/mol. The van der Waals surface area contributed by atoms with Crippen molar-refractivity contribution >= 4 is 45.9 Å². The Hall–Kier alpha value is -7.27.